The van der Waals surface area contributed by atoms with Crippen LogP contribution in [0.25, 0.3) is 0 Å². The lowest BCUT2D eigenvalue weighted by Gasteiger charge is -2.39. The maximum absolute atomic E-state index is 10.3. The molecule has 3 atom stereocenters. The van der Waals surface area contributed by atoms with E-state index in [2.05, 4.69) is 32.7 Å². The molecule has 2 aliphatic carbocycles. The topological polar surface area (TPSA) is 32.7 Å². The van der Waals surface area contributed by atoms with Gasteiger partial charge < -0.3 is 14.7 Å². The van der Waals surface area contributed by atoms with Crippen molar-refractivity contribution in [2.24, 2.45) is 11.3 Å². The van der Waals surface area contributed by atoms with Crippen molar-refractivity contribution >= 4 is 0 Å². The van der Waals surface area contributed by atoms with Crippen LogP contribution in [-0.4, -0.2) is 48.5 Å². The van der Waals surface area contributed by atoms with Crippen LogP contribution >= 0.6 is 0 Å². The van der Waals surface area contributed by atoms with Crippen molar-refractivity contribution in [2.45, 2.75) is 90.4 Å². The summed E-state index contributed by atoms with van der Waals surface area (Å²) >= 11 is 0. The zero-order valence-electron chi connectivity index (χ0n) is 15.2. The Morgan fingerprint density at radius 1 is 1.18 bits per heavy atom. The molecule has 2 rings (SSSR count). The van der Waals surface area contributed by atoms with E-state index in [1.54, 1.807) is 0 Å². The maximum atomic E-state index is 10.3. The molecule has 0 aromatic carbocycles. The average molecular weight is 312 g/mol. The van der Waals surface area contributed by atoms with Gasteiger partial charge in [-0.2, -0.15) is 0 Å². The van der Waals surface area contributed by atoms with Crippen LogP contribution in [0.1, 0.15) is 72.1 Å². The molecule has 3 heteroatoms. The Bertz CT molecular complexity index is 325. The molecule has 1 N–H and O–H groups in total. The predicted octanol–water partition coefficient (Wildman–Crippen LogP) is 3.84. The summed E-state index contributed by atoms with van der Waals surface area (Å²) in [6.45, 7) is 8.24. The van der Waals surface area contributed by atoms with Gasteiger partial charge in [-0.3, -0.25) is 0 Å². The van der Waals surface area contributed by atoms with Crippen LogP contribution < -0.4 is 0 Å². The summed E-state index contributed by atoms with van der Waals surface area (Å²) in [4.78, 5) is 2.35. The van der Waals surface area contributed by atoms with E-state index in [0.717, 1.165) is 25.3 Å². The van der Waals surface area contributed by atoms with Gasteiger partial charge in [0.15, 0.2) is 0 Å². The molecule has 130 valence electrons. The van der Waals surface area contributed by atoms with Gasteiger partial charge in [0.2, 0.25) is 0 Å². The van der Waals surface area contributed by atoms with E-state index < -0.39 is 0 Å². The Morgan fingerprint density at radius 2 is 1.86 bits per heavy atom. The molecule has 0 aromatic rings. The van der Waals surface area contributed by atoms with Gasteiger partial charge in [-0.15, -0.1) is 0 Å². The van der Waals surface area contributed by atoms with Crippen LogP contribution in [0.4, 0.5) is 0 Å². The first-order valence-electron chi connectivity index (χ1n) is 9.35. The quantitative estimate of drug-likeness (QED) is 0.809. The van der Waals surface area contributed by atoms with E-state index in [1.807, 2.05) is 0 Å². The molecule has 2 saturated carbocycles. The van der Waals surface area contributed by atoms with E-state index in [9.17, 15) is 5.11 Å². The zero-order valence-corrected chi connectivity index (χ0v) is 15.2. The molecule has 22 heavy (non-hydrogen) atoms. The number of hydrogen-bond acceptors (Lipinski definition) is 3. The summed E-state index contributed by atoms with van der Waals surface area (Å²) in [7, 11) is 2.16. The summed E-state index contributed by atoms with van der Waals surface area (Å²) in [5.41, 5.74) is 0.381. The molecule has 0 saturated heterocycles. The van der Waals surface area contributed by atoms with Crippen molar-refractivity contribution in [3.8, 4) is 0 Å². The Kier molecular flexibility index (Phi) is 6.73. The van der Waals surface area contributed by atoms with Gasteiger partial charge in [-0.25, -0.2) is 0 Å². The number of likely N-dealkylation sites (N-methyl/N-ethyl adjacent to an activating group) is 1. The second kappa shape index (κ2) is 8.12. The highest BCUT2D eigenvalue weighted by Gasteiger charge is 2.32. The predicted molar refractivity (Wildman–Crippen MR) is 92.0 cm³/mol. The fourth-order valence-corrected chi connectivity index (χ4v) is 4.69. The van der Waals surface area contributed by atoms with Crippen molar-refractivity contribution in [1.82, 2.24) is 4.90 Å². The molecular formula is C19H37NO2. The van der Waals surface area contributed by atoms with Crippen LogP contribution in [0, 0.1) is 11.3 Å². The number of ether oxygens (including phenoxy) is 1. The number of rotatable bonds is 6. The normalized spacial score (nSPS) is 31.4. The van der Waals surface area contributed by atoms with Crippen molar-refractivity contribution in [3.63, 3.8) is 0 Å². The van der Waals surface area contributed by atoms with E-state index >= 15 is 0 Å². The second-order valence-electron chi connectivity index (χ2n) is 8.75. The summed E-state index contributed by atoms with van der Waals surface area (Å²) in [5, 5.41) is 10.3. The van der Waals surface area contributed by atoms with Crippen LogP contribution in [0.5, 0.6) is 0 Å². The summed E-state index contributed by atoms with van der Waals surface area (Å²) in [5.74, 6) is 0.732. The lowest BCUT2D eigenvalue weighted by Crippen LogP contribution is -2.41. The SMILES string of the molecule is C[C@@H]1C[C@H](OC[C@@H](O)CN(C)C2CCCCC2)CC(C)(C)C1. The Labute approximate surface area is 137 Å². The number of hydrogen-bond donors (Lipinski definition) is 1. The van der Waals surface area contributed by atoms with Gasteiger partial charge in [-0.05, 0) is 50.5 Å². The van der Waals surface area contributed by atoms with E-state index in [0.29, 0.717) is 24.2 Å². The van der Waals surface area contributed by atoms with Crippen LogP contribution in [0.3, 0.4) is 0 Å². The van der Waals surface area contributed by atoms with Gasteiger partial charge in [-0.1, -0.05) is 40.0 Å². The minimum Gasteiger partial charge on any atom is -0.389 e. The number of aliphatic hydroxyl groups is 1. The second-order valence-corrected chi connectivity index (χ2v) is 8.75. The zero-order chi connectivity index (χ0) is 16.2. The molecule has 2 aliphatic rings. The standard InChI is InChI=1S/C19H37NO2/c1-15-10-18(12-19(2,3)11-15)22-14-17(21)13-20(4)16-8-6-5-7-9-16/h15-18,21H,5-14H2,1-4H3/t15-,17+,18+/m1/s1. The largest absolute Gasteiger partial charge is 0.389 e. The first-order valence-corrected chi connectivity index (χ1v) is 9.35. The van der Waals surface area contributed by atoms with Crippen LogP contribution in [0.2, 0.25) is 0 Å². The minimum absolute atomic E-state index is 0.327. The Balaban J connectivity index is 1.69. The van der Waals surface area contributed by atoms with Crippen molar-refractivity contribution in [3.05, 3.63) is 0 Å². The monoisotopic (exact) mass is 311 g/mol. The average Bonchev–Trinajstić information content (AvgIpc) is 2.44. The minimum atomic E-state index is -0.354. The molecule has 0 aliphatic heterocycles. The summed E-state index contributed by atoms with van der Waals surface area (Å²) in [6.07, 6.45) is 10.2. The Hall–Kier alpha value is -0.120. The molecule has 0 radical (unpaired) electrons. The maximum Gasteiger partial charge on any atom is 0.0900 e. The van der Waals surface area contributed by atoms with Crippen LogP contribution in [0.15, 0.2) is 0 Å². The first-order chi connectivity index (χ1) is 10.4. The third-order valence-electron chi connectivity index (χ3n) is 5.57. The van der Waals surface area contributed by atoms with E-state index in [1.165, 1.54) is 38.5 Å². The first kappa shape index (κ1) is 18.2. The molecule has 2 fully saturated rings. The lowest BCUT2D eigenvalue weighted by atomic mass is 9.71. The fourth-order valence-electron chi connectivity index (χ4n) is 4.69. The molecular weight excluding hydrogens is 274 g/mol. The molecule has 0 heterocycles. The highest BCUT2D eigenvalue weighted by Crippen LogP contribution is 2.39. The number of aliphatic hydroxyl groups excluding tert-OH is 1. The third-order valence-corrected chi connectivity index (χ3v) is 5.57. The van der Waals surface area contributed by atoms with Crippen LogP contribution in [-0.2, 0) is 4.74 Å². The highest BCUT2D eigenvalue weighted by molar-refractivity contribution is 4.84. The molecule has 0 bridgehead atoms. The van der Waals surface area contributed by atoms with Crippen molar-refractivity contribution in [1.29, 1.82) is 0 Å². The smallest absolute Gasteiger partial charge is 0.0900 e. The van der Waals surface area contributed by atoms with Crippen molar-refractivity contribution in [2.75, 3.05) is 20.2 Å². The third kappa shape index (κ3) is 5.82. The fraction of sp³-hybridized carbons (Fsp3) is 1.00. The number of nitrogens with zero attached hydrogens (tertiary/aromatic N) is 1. The highest BCUT2D eigenvalue weighted by atomic mass is 16.5. The van der Waals surface area contributed by atoms with E-state index in [4.69, 9.17) is 4.74 Å². The molecule has 0 amide bonds. The van der Waals surface area contributed by atoms with Gasteiger partial charge >= 0.3 is 0 Å². The summed E-state index contributed by atoms with van der Waals surface area (Å²) < 4.78 is 6.06. The Morgan fingerprint density at radius 3 is 2.50 bits per heavy atom. The van der Waals surface area contributed by atoms with Gasteiger partial charge in [0.25, 0.3) is 0 Å². The molecule has 3 nitrogen and oxygen atoms in total. The molecule has 0 spiro atoms. The van der Waals surface area contributed by atoms with Crippen molar-refractivity contribution < 1.29 is 9.84 Å². The molecule has 0 unspecified atom stereocenters. The van der Waals surface area contributed by atoms with Gasteiger partial charge in [0, 0.05) is 12.6 Å². The molecule has 0 aromatic heterocycles. The van der Waals surface area contributed by atoms with E-state index in [-0.39, 0.29) is 6.10 Å². The summed E-state index contributed by atoms with van der Waals surface area (Å²) in [6, 6.07) is 0.664. The van der Waals surface area contributed by atoms with Gasteiger partial charge in [0.1, 0.15) is 0 Å². The van der Waals surface area contributed by atoms with Gasteiger partial charge in [0.05, 0.1) is 18.8 Å². The lowest BCUT2D eigenvalue weighted by molar-refractivity contribution is -0.0626.